The highest BCUT2D eigenvalue weighted by molar-refractivity contribution is 7.71. The molecule has 1 N–H and O–H groups in total. The maximum atomic E-state index is 6.02. The summed E-state index contributed by atoms with van der Waals surface area (Å²) in [5.41, 5.74) is 0.856. The van der Waals surface area contributed by atoms with Crippen molar-refractivity contribution in [1.82, 2.24) is 14.9 Å². The van der Waals surface area contributed by atoms with Crippen LogP contribution in [-0.4, -0.2) is 21.1 Å². The van der Waals surface area contributed by atoms with Gasteiger partial charge in [0.15, 0.2) is 5.82 Å². The van der Waals surface area contributed by atoms with E-state index in [2.05, 4.69) is 28.3 Å². The Kier molecular flexibility index (Phi) is 4.01. The molecule has 2 heterocycles. The van der Waals surface area contributed by atoms with Crippen LogP contribution < -0.4 is 0 Å². The van der Waals surface area contributed by atoms with Crippen molar-refractivity contribution in [3.63, 3.8) is 0 Å². The molecule has 0 aliphatic carbocycles. The Bertz CT molecular complexity index is 860. The van der Waals surface area contributed by atoms with E-state index < -0.39 is 0 Å². The molecular formula is C14H11ClN4S2. The highest BCUT2D eigenvalue weighted by atomic mass is 35.5. The van der Waals surface area contributed by atoms with E-state index in [1.165, 1.54) is 4.88 Å². The molecule has 0 aliphatic rings. The zero-order valence-electron chi connectivity index (χ0n) is 11.1. The van der Waals surface area contributed by atoms with Crippen molar-refractivity contribution in [2.75, 3.05) is 0 Å². The minimum Gasteiger partial charge on any atom is -0.250 e. The molecule has 0 bridgehead atoms. The van der Waals surface area contributed by atoms with Crippen LogP contribution in [0.25, 0.3) is 11.4 Å². The average Bonchev–Trinajstić information content (AvgIpc) is 3.03. The van der Waals surface area contributed by atoms with E-state index in [0.29, 0.717) is 15.6 Å². The fraction of sp³-hybridized carbons (Fsp3) is 0.0714. The highest BCUT2D eigenvalue weighted by Crippen LogP contribution is 2.21. The standard InChI is InChI=1S/C14H11ClN4S2/c1-9-5-6-12(21-9)8-16-19-13(17-18-14(19)20)10-3-2-4-11(15)7-10/h2-8H,1H3,(H,18,20)/b16-8+. The second-order valence-electron chi connectivity index (χ2n) is 4.37. The summed E-state index contributed by atoms with van der Waals surface area (Å²) in [4.78, 5) is 2.30. The summed E-state index contributed by atoms with van der Waals surface area (Å²) in [7, 11) is 0. The molecule has 2 aromatic heterocycles. The van der Waals surface area contributed by atoms with Crippen LogP contribution in [0.5, 0.6) is 0 Å². The number of aromatic nitrogens is 3. The predicted molar refractivity (Wildman–Crippen MR) is 89.9 cm³/mol. The third kappa shape index (κ3) is 3.12. The highest BCUT2D eigenvalue weighted by Gasteiger charge is 2.08. The predicted octanol–water partition coefficient (Wildman–Crippen LogP) is 4.51. The number of hydrogen-bond donors (Lipinski definition) is 1. The van der Waals surface area contributed by atoms with Crippen molar-refractivity contribution in [2.45, 2.75) is 6.92 Å². The van der Waals surface area contributed by atoms with Gasteiger partial charge in [0, 0.05) is 20.3 Å². The van der Waals surface area contributed by atoms with Crippen molar-refractivity contribution in [3.05, 3.63) is 55.9 Å². The van der Waals surface area contributed by atoms with Gasteiger partial charge in [-0.25, -0.2) is 5.10 Å². The summed E-state index contributed by atoms with van der Waals surface area (Å²) in [5.74, 6) is 0.632. The third-order valence-electron chi connectivity index (χ3n) is 2.79. The molecule has 106 valence electrons. The molecule has 0 spiro atoms. The minimum absolute atomic E-state index is 0.439. The molecular weight excluding hydrogens is 324 g/mol. The molecule has 0 amide bonds. The fourth-order valence-corrected chi connectivity index (χ4v) is 2.96. The summed E-state index contributed by atoms with van der Waals surface area (Å²) in [6.45, 7) is 2.06. The Hall–Kier alpha value is -1.76. The fourth-order valence-electron chi connectivity index (χ4n) is 1.85. The number of benzene rings is 1. The summed E-state index contributed by atoms with van der Waals surface area (Å²) in [6.07, 6.45) is 1.77. The lowest BCUT2D eigenvalue weighted by molar-refractivity contribution is 0.872. The molecule has 3 rings (SSSR count). The van der Waals surface area contributed by atoms with E-state index in [0.717, 1.165) is 10.4 Å². The van der Waals surface area contributed by atoms with E-state index in [-0.39, 0.29) is 0 Å². The summed E-state index contributed by atoms with van der Waals surface area (Å²) < 4.78 is 2.03. The minimum atomic E-state index is 0.439. The maximum Gasteiger partial charge on any atom is 0.216 e. The van der Waals surface area contributed by atoms with Crippen LogP contribution in [0.4, 0.5) is 0 Å². The van der Waals surface area contributed by atoms with Crippen LogP contribution in [0.3, 0.4) is 0 Å². The van der Waals surface area contributed by atoms with Crippen molar-refractivity contribution in [3.8, 4) is 11.4 Å². The number of rotatable bonds is 3. The number of thiophene rings is 1. The number of H-pyrrole nitrogens is 1. The molecule has 0 unspecified atom stereocenters. The van der Waals surface area contributed by atoms with Crippen LogP contribution in [0.2, 0.25) is 5.02 Å². The van der Waals surface area contributed by atoms with E-state index in [9.17, 15) is 0 Å². The SMILES string of the molecule is Cc1ccc(/C=N/n2c(-c3cccc(Cl)c3)n[nH]c2=S)s1. The van der Waals surface area contributed by atoms with Gasteiger partial charge in [-0.15, -0.1) is 11.3 Å². The number of nitrogens with zero attached hydrogens (tertiary/aromatic N) is 3. The van der Waals surface area contributed by atoms with Gasteiger partial charge < -0.3 is 0 Å². The molecule has 4 nitrogen and oxygen atoms in total. The van der Waals surface area contributed by atoms with Crippen molar-refractivity contribution in [1.29, 1.82) is 0 Å². The topological polar surface area (TPSA) is 46.0 Å². The van der Waals surface area contributed by atoms with Gasteiger partial charge in [0.1, 0.15) is 0 Å². The van der Waals surface area contributed by atoms with Gasteiger partial charge >= 0.3 is 0 Å². The van der Waals surface area contributed by atoms with E-state index in [1.807, 2.05) is 30.3 Å². The summed E-state index contributed by atoms with van der Waals surface area (Å²) in [5, 5.41) is 12.0. The number of aromatic amines is 1. The maximum absolute atomic E-state index is 6.02. The Morgan fingerprint density at radius 1 is 1.38 bits per heavy atom. The number of halogens is 1. The van der Waals surface area contributed by atoms with Crippen LogP contribution >= 0.6 is 35.2 Å². The van der Waals surface area contributed by atoms with Crippen LogP contribution in [0.1, 0.15) is 9.75 Å². The van der Waals surface area contributed by atoms with E-state index >= 15 is 0 Å². The lowest BCUT2D eigenvalue weighted by Crippen LogP contribution is -1.94. The summed E-state index contributed by atoms with van der Waals surface area (Å²) in [6, 6.07) is 11.5. The lowest BCUT2D eigenvalue weighted by atomic mass is 10.2. The van der Waals surface area contributed by atoms with E-state index in [4.69, 9.17) is 23.8 Å². The average molecular weight is 335 g/mol. The summed E-state index contributed by atoms with van der Waals surface area (Å²) >= 11 is 12.9. The van der Waals surface area contributed by atoms with Gasteiger partial charge in [0.2, 0.25) is 4.77 Å². The zero-order chi connectivity index (χ0) is 14.8. The monoisotopic (exact) mass is 334 g/mol. The number of aryl methyl sites for hydroxylation is 1. The Morgan fingerprint density at radius 3 is 2.95 bits per heavy atom. The second kappa shape index (κ2) is 5.93. The Balaban J connectivity index is 2.01. The Labute approximate surface area is 135 Å². The van der Waals surface area contributed by atoms with Crippen molar-refractivity contribution in [2.24, 2.45) is 5.10 Å². The van der Waals surface area contributed by atoms with Gasteiger partial charge in [-0.05, 0) is 43.4 Å². The van der Waals surface area contributed by atoms with Gasteiger partial charge in [-0.2, -0.15) is 14.9 Å². The molecule has 7 heteroatoms. The largest absolute Gasteiger partial charge is 0.250 e. The van der Waals surface area contributed by atoms with Gasteiger partial charge in [-0.1, -0.05) is 23.7 Å². The first-order chi connectivity index (χ1) is 10.1. The van der Waals surface area contributed by atoms with Crippen LogP contribution in [0.15, 0.2) is 41.5 Å². The van der Waals surface area contributed by atoms with Crippen molar-refractivity contribution >= 4 is 41.4 Å². The number of nitrogens with one attached hydrogen (secondary N) is 1. The first-order valence-electron chi connectivity index (χ1n) is 6.17. The molecule has 1 aromatic carbocycles. The second-order valence-corrected chi connectivity index (χ2v) is 6.51. The molecule has 21 heavy (non-hydrogen) atoms. The quantitative estimate of drug-likeness (QED) is 0.565. The molecule has 0 aliphatic heterocycles. The molecule has 0 fully saturated rings. The first-order valence-corrected chi connectivity index (χ1v) is 7.78. The van der Waals surface area contributed by atoms with Gasteiger partial charge in [0.25, 0.3) is 0 Å². The van der Waals surface area contributed by atoms with Crippen LogP contribution in [0, 0.1) is 11.7 Å². The lowest BCUT2D eigenvalue weighted by Gasteiger charge is -2.01. The van der Waals surface area contributed by atoms with Gasteiger partial charge in [-0.3, -0.25) is 0 Å². The molecule has 3 aromatic rings. The molecule has 0 radical (unpaired) electrons. The zero-order valence-corrected chi connectivity index (χ0v) is 13.5. The molecule has 0 saturated carbocycles. The number of hydrogen-bond acceptors (Lipinski definition) is 4. The Morgan fingerprint density at radius 2 is 2.24 bits per heavy atom. The smallest absolute Gasteiger partial charge is 0.216 e. The molecule has 0 atom stereocenters. The third-order valence-corrected chi connectivity index (χ3v) is 4.23. The molecule has 0 saturated heterocycles. The first kappa shape index (κ1) is 14.2. The van der Waals surface area contributed by atoms with Crippen molar-refractivity contribution < 1.29 is 0 Å². The van der Waals surface area contributed by atoms with Crippen LogP contribution in [-0.2, 0) is 0 Å². The van der Waals surface area contributed by atoms with E-state index in [1.54, 1.807) is 22.2 Å². The van der Waals surface area contributed by atoms with Gasteiger partial charge in [0.05, 0.1) is 6.21 Å². The normalized spacial score (nSPS) is 11.3.